The summed E-state index contributed by atoms with van der Waals surface area (Å²) >= 11 is 12.6. The molecule has 50 heavy (non-hydrogen) atoms. The molecule has 0 saturated heterocycles. The fourth-order valence-corrected chi connectivity index (χ4v) is 9.65. The maximum absolute atomic E-state index is 12.5. The van der Waals surface area contributed by atoms with Crippen LogP contribution in [0.3, 0.4) is 0 Å². The van der Waals surface area contributed by atoms with Gasteiger partial charge in [-0.25, -0.2) is 0 Å². The Morgan fingerprint density at radius 2 is 1.38 bits per heavy atom. The molecular formula is C34H47Br4N3O8Si. The van der Waals surface area contributed by atoms with Crippen molar-refractivity contribution in [3.8, 4) is 5.75 Å². The SMILES string of the molecule is CC(C)(C)[Si](C)(C)OC1CCC(N)CC1.CC1CCC(CC(=O)c2cc(Br)cc(Br)c2[N+](=O)[O-])CC1.O=COc1cc(Br)cc(Br)c1[N+](=O)[O-]. The second-order valence-corrected chi connectivity index (χ2v) is 22.7. The molecule has 2 saturated carbocycles. The Bertz CT molecular complexity index is 1510. The molecule has 0 bridgehead atoms. The lowest BCUT2D eigenvalue weighted by atomic mass is 9.80. The first kappa shape index (κ1) is 44.6. The van der Waals surface area contributed by atoms with E-state index >= 15 is 0 Å². The van der Waals surface area contributed by atoms with E-state index in [0.717, 1.165) is 57.3 Å². The molecular weight excluding hydrogens is 926 g/mol. The lowest BCUT2D eigenvalue weighted by Gasteiger charge is -2.41. The number of nitrogens with two attached hydrogens (primary N) is 1. The molecule has 2 aromatic rings. The molecule has 0 atom stereocenters. The highest BCUT2D eigenvalue weighted by atomic mass is 79.9. The number of hydrogen-bond donors (Lipinski definition) is 1. The van der Waals surface area contributed by atoms with Crippen molar-refractivity contribution in [2.45, 2.75) is 116 Å². The number of ether oxygens (including phenoxy) is 1. The van der Waals surface area contributed by atoms with E-state index in [1.54, 1.807) is 12.1 Å². The van der Waals surface area contributed by atoms with Gasteiger partial charge in [-0.15, -0.1) is 0 Å². The van der Waals surface area contributed by atoms with Gasteiger partial charge in [-0.05, 0) is 119 Å². The lowest BCUT2D eigenvalue weighted by molar-refractivity contribution is -0.386. The van der Waals surface area contributed by atoms with E-state index in [4.69, 9.17) is 10.2 Å². The molecule has 0 amide bonds. The molecule has 0 radical (unpaired) electrons. The molecule has 2 N–H and O–H groups in total. The molecule has 0 spiro atoms. The second-order valence-electron chi connectivity index (χ2n) is 14.4. The average molecular weight is 973 g/mol. The quantitative estimate of drug-likeness (QED) is 0.0846. The summed E-state index contributed by atoms with van der Waals surface area (Å²) in [5.74, 6) is 0.839. The number of ketones is 1. The Balaban J connectivity index is 0.000000268. The van der Waals surface area contributed by atoms with Gasteiger partial charge < -0.3 is 14.9 Å². The zero-order valence-corrected chi connectivity index (χ0v) is 36.7. The van der Waals surface area contributed by atoms with Crippen LogP contribution in [0.2, 0.25) is 18.1 Å². The normalized spacial score (nSPS) is 20.7. The Hall–Kier alpha value is -1.56. The van der Waals surface area contributed by atoms with E-state index in [-0.39, 0.29) is 39.4 Å². The summed E-state index contributed by atoms with van der Waals surface area (Å²) in [6.45, 7) is 13.9. The first-order valence-corrected chi connectivity index (χ1v) is 22.6. The molecule has 0 aromatic heterocycles. The number of Topliss-reactive ketones (excluding diaryl/α,β-unsaturated/α-hetero) is 1. The molecule has 2 fully saturated rings. The number of halogens is 4. The smallest absolute Gasteiger partial charge is 0.325 e. The Kier molecular flexibility index (Phi) is 17.9. The van der Waals surface area contributed by atoms with Crippen LogP contribution < -0.4 is 10.5 Å². The molecule has 2 aliphatic carbocycles. The summed E-state index contributed by atoms with van der Waals surface area (Å²) in [5.41, 5.74) is 5.69. The van der Waals surface area contributed by atoms with Crippen molar-refractivity contribution in [1.29, 1.82) is 0 Å². The van der Waals surface area contributed by atoms with Gasteiger partial charge in [-0.2, -0.15) is 0 Å². The number of benzene rings is 2. The zero-order chi connectivity index (χ0) is 38.0. The van der Waals surface area contributed by atoms with Gasteiger partial charge in [0, 0.05) is 33.6 Å². The highest BCUT2D eigenvalue weighted by Crippen LogP contribution is 2.40. The highest BCUT2D eigenvalue weighted by Gasteiger charge is 2.39. The van der Waals surface area contributed by atoms with Crippen LogP contribution in [0.5, 0.6) is 5.75 Å². The predicted molar refractivity (Wildman–Crippen MR) is 212 cm³/mol. The molecule has 2 aliphatic rings. The molecule has 4 rings (SSSR count). The third-order valence-corrected chi connectivity index (χ3v) is 16.1. The van der Waals surface area contributed by atoms with Crippen molar-refractivity contribution < 1.29 is 28.6 Å². The highest BCUT2D eigenvalue weighted by molar-refractivity contribution is 9.11. The maximum atomic E-state index is 12.5. The van der Waals surface area contributed by atoms with Crippen molar-refractivity contribution in [2.75, 3.05) is 0 Å². The van der Waals surface area contributed by atoms with Crippen LogP contribution in [0.25, 0.3) is 0 Å². The summed E-state index contributed by atoms with van der Waals surface area (Å²) in [7, 11) is -1.56. The summed E-state index contributed by atoms with van der Waals surface area (Å²) in [6, 6.07) is 6.41. The van der Waals surface area contributed by atoms with Crippen molar-refractivity contribution in [3.05, 3.63) is 67.9 Å². The first-order valence-electron chi connectivity index (χ1n) is 16.5. The largest absolute Gasteiger partial charge is 0.421 e. The van der Waals surface area contributed by atoms with Gasteiger partial charge in [0.2, 0.25) is 5.75 Å². The number of nitro groups is 2. The third-order valence-electron chi connectivity index (χ3n) is 9.46. The van der Waals surface area contributed by atoms with E-state index in [9.17, 15) is 29.8 Å². The topological polar surface area (TPSA) is 165 Å². The van der Waals surface area contributed by atoms with Crippen LogP contribution in [0, 0.1) is 32.1 Å². The predicted octanol–water partition coefficient (Wildman–Crippen LogP) is 11.5. The molecule has 16 heteroatoms. The number of rotatable bonds is 9. The van der Waals surface area contributed by atoms with Crippen LogP contribution in [-0.4, -0.2) is 42.6 Å². The van der Waals surface area contributed by atoms with E-state index in [2.05, 4.69) is 109 Å². The van der Waals surface area contributed by atoms with Gasteiger partial charge in [0.05, 0.1) is 19.9 Å². The fourth-order valence-electron chi connectivity index (χ4n) is 5.53. The van der Waals surface area contributed by atoms with Gasteiger partial charge in [0.15, 0.2) is 14.1 Å². The first-order chi connectivity index (χ1) is 23.2. The molecule has 278 valence electrons. The number of nitro benzene ring substituents is 2. The zero-order valence-electron chi connectivity index (χ0n) is 29.3. The Labute approximate surface area is 329 Å². The number of carbonyl (C=O) groups excluding carboxylic acids is 2. The van der Waals surface area contributed by atoms with E-state index in [1.807, 2.05) is 0 Å². The minimum Gasteiger partial charge on any atom is -0.421 e. The van der Waals surface area contributed by atoms with Crippen molar-refractivity contribution in [2.24, 2.45) is 17.6 Å². The molecule has 0 aliphatic heterocycles. The maximum Gasteiger partial charge on any atom is 0.325 e. The summed E-state index contributed by atoms with van der Waals surface area (Å²) in [4.78, 5) is 43.2. The van der Waals surface area contributed by atoms with E-state index < -0.39 is 18.2 Å². The Morgan fingerprint density at radius 1 is 0.880 bits per heavy atom. The summed E-state index contributed by atoms with van der Waals surface area (Å²) in [6.07, 6.45) is 9.83. The summed E-state index contributed by atoms with van der Waals surface area (Å²) < 4.78 is 12.7. The van der Waals surface area contributed by atoms with Gasteiger partial charge in [-0.1, -0.05) is 72.4 Å². The molecule has 2 aromatic carbocycles. The second kappa shape index (κ2) is 20.0. The third kappa shape index (κ3) is 13.8. The number of hydrogen-bond acceptors (Lipinski definition) is 9. The summed E-state index contributed by atoms with van der Waals surface area (Å²) in [5, 5.41) is 22.1. The minimum absolute atomic E-state index is 0.105. The van der Waals surface area contributed by atoms with Crippen LogP contribution in [0.15, 0.2) is 42.2 Å². The molecule has 0 heterocycles. The van der Waals surface area contributed by atoms with Gasteiger partial charge in [0.1, 0.15) is 4.47 Å². The Morgan fingerprint density at radius 3 is 1.86 bits per heavy atom. The van der Waals surface area contributed by atoms with Crippen molar-refractivity contribution in [3.63, 3.8) is 0 Å². The molecule has 11 nitrogen and oxygen atoms in total. The molecule has 0 unspecified atom stereocenters. The standard InChI is InChI=1S/C15H17Br2NO3.C12H27NOSi.C7H3Br2NO4/c1-9-2-4-10(5-3-9)6-14(19)12-7-11(16)8-13(17)15(12)18(20)21;1-12(2,3)15(4,5)14-11-8-6-10(13)7-9-11;8-4-1-5(9)7(10(12)13)6(2-4)14-3-11/h7-10H,2-6H2,1H3;10-11H,6-9,13H2,1-5H3;1-3H. The lowest BCUT2D eigenvalue weighted by Crippen LogP contribution is -2.45. The van der Waals surface area contributed by atoms with E-state index in [0.29, 0.717) is 42.9 Å². The van der Waals surface area contributed by atoms with Gasteiger partial charge in [-0.3, -0.25) is 29.8 Å². The number of nitrogens with zero attached hydrogens (tertiary/aromatic N) is 2. The van der Waals surface area contributed by atoms with Gasteiger partial charge >= 0.3 is 5.69 Å². The minimum atomic E-state index is -1.56. The van der Waals surface area contributed by atoms with Crippen molar-refractivity contribution in [1.82, 2.24) is 0 Å². The monoisotopic (exact) mass is 969 g/mol. The van der Waals surface area contributed by atoms with Crippen LogP contribution in [0.4, 0.5) is 11.4 Å². The van der Waals surface area contributed by atoms with Crippen molar-refractivity contribution >= 4 is 95.7 Å². The van der Waals surface area contributed by atoms with E-state index in [1.165, 1.54) is 12.1 Å². The number of carbonyl (C=O) groups is 2. The van der Waals surface area contributed by atoms with Crippen LogP contribution in [-0.2, 0) is 9.22 Å². The fraction of sp³-hybridized carbons (Fsp3) is 0.588. The van der Waals surface area contributed by atoms with Crippen LogP contribution in [0.1, 0.15) is 95.8 Å². The van der Waals surface area contributed by atoms with Gasteiger partial charge in [0.25, 0.3) is 12.2 Å². The van der Waals surface area contributed by atoms with Crippen LogP contribution >= 0.6 is 63.7 Å². The average Bonchev–Trinajstić information content (AvgIpc) is 2.98.